The van der Waals surface area contributed by atoms with Gasteiger partial charge in [0, 0.05) is 17.3 Å². The van der Waals surface area contributed by atoms with Crippen LogP contribution in [0.5, 0.6) is 0 Å². The maximum atomic E-state index is 2.61. The Bertz CT molecular complexity index is 3140. The van der Waals surface area contributed by atoms with E-state index in [4.69, 9.17) is 0 Å². The van der Waals surface area contributed by atoms with E-state index in [0.717, 1.165) is 12.8 Å². The van der Waals surface area contributed by atoms with Crippen LogP contribution in [-0.2, 0) is 6.42 Å². The summed E-state index contributed by atoms with van der Waals surface area (Å²) in [6.07, 6.45) is 11.4. The monoisotopic (exact) mass is 781 g/mol. The van der Waals surface area contributed by atoms with Gasteiger partial charge in [-0.1, -0.05) is 182 Å². The molecule has 0 fully saturated rings. The zero-order chi connectivity index (χ0) is 40.9. The van der Waals surface area contributed by atoms with Gasteiger partial charge in [-0.15, -0.1) is 0 Å². The summed E-state index contributed by atoms with van der Waals surface area (Å²) in [5, 5.41) is 5.24. The summed E-state index contributed by atoms with van der Waals surface area (Å²) in [5.74, 6) is 0.314. The molecule has 0 aromatic heterocycles. The number of rotatable bonds is 7. The molecule has 9 aromatic carbocycles. The third-order valence-corrected chi connectivity index (χ3v) is 13.0. The standard InChI is InChI=1S/C60H47N/c1-40-34-41(2)36-49(35-40)61(47-27-16-26-46(37-47)51-31-17-25-42-22-12-13-28-50(42)51)48-32-33-54-57(38-48)52-29-14-15-30-53(52)59-56(44-20-8-4-9-21-44)39-55(43-18-6-3-7-19-43)58(60(54)59)45-23-10-5-11-24-45/h3-30,32-37,39,48,51H,31,38H2,1-2H3. The number of hydrogen-bond donors (Lipinski definition) is 0. The first-order valence-corrected chi connectivity index (χ1v) is 21.7. The third kappa shape index (κ3) is 6.58. The van der Waals surface area contributed by atoms with Gasteiger partial charge in [0.1, 0.15) is 0 Å². The van der Waals surface area contributed by atoms with Crippen LogP contribution in [0.3, 0.4) is 0 Å². The average Bonchev–Trinajstić information content (AvgIpc) is 3.31. The van der Waals surface area contributed by atoms with E-state index in [1.807, 2.05) is 0 Å². The lowest BCUT2D eigenvalue weighted by Gasteiger charge is -2.36. The Morgan fingerprint density at radius 3 is 1.87 bits per heavy atom. The molecule has 1 nitrogen and oxygen atoms in total. The average molecular weight is 782 g/mol. The highest BCUT2D eigenvalue weighted by atomic mass is 15.2. The Hall–Kier alpha value is -7.22. The Morgan fingerprint density at radius 2 is 1.13 bits per heavy atom. The summed E-state index contributed by atoms with van der Waals surface area (Å²) < 4.78 is 0. The van der Waals surface area contributed by atoms with E-state index in [1.54, 1.807) is 0 Å². The maximum absolute atomic E-state index is 2.61. The molecule has 61 heavy (non-hydrogen) atoms. The number of allylic oxidation sites excluding steroid dienone is 1. The molecule has 2 aliphatic rings. The van der Waals surface area contributed by atoms with Crippen molar-refractivity contribution in [1.29, 1.82) is 0 Å². The van der Waals surface area contributed by atoms with Crippen molar-refractivity contribution < 1.29 is 0 Å². The lowest BCUT2D eigenvalue weighted by Crippen LogP contribution is -2.33. The Balaban J connectivity index is 1.17. The van der Waals surface area contributed by atoms with Gasteiger partial charge in [0.05, 0.1) is 6.04 Å². The lowest BCUT2D eigenvalue weighted by atomic mass is 9.77. The van der Waals surface area contributed by atoms with Crippen LogP contribution in [0.1, 0.15) is 51.3 Å². The lowest BCUT2D eigenvalue weighted by molar-refractivity contribution is 0.767. The predicted octanol–water partition coefficient (Wildman–Crippen LogP) is 15.9. The highest BCUT2D eigenvalue weighted by molar-refractivity contribution is 6.24. The fraction of sp³-hybridized carbons (Fsp3) is 0.100. The second-order valence-corrected chi connectivity index (χ2v) is 16.9. The van der Waals surface area contributed by atoms with Crippen LogP contribution in [0.25, 0.3) is 67.1 Å². The minimum atomic E-state index is 0.0782. The van der Waals surface area contributed by atoms with Crippen LogP contribution in [-0.4, -0.2) is 6.04 Å². The largest absolute Gasteiger partial charge is 0.334 e. The second kappa shape index (κ2) is 15.4. The molecule has 9 aromatic rings. The molecule has 1 heteroatoms. The first kappa shape index (κ1) is 36.8. The second-order valence-electron chi connectivity index (χ2n) is 16.9. The highest BCUT2D eigenvalue weighted by Gasteiger charge is 2.30. The summed E-state index contributed by atoms with van der Waals surface area (Å²) in [4.78, 5) is 2.61. The third-order valence-electron chi connectivity index (χ3n) is 13.0. The van der Waals surface area contributed by atoms with Gasteiger partial charge in [0.15, 0.2) is 0 Å². The molecular weight excluding hydrogens is 735 g/mol. The first-order chi connectivity index (χ1) is 30.1. The van der Waals surface area contributed by atoms with E-state index < -0.39 is 0 Å². The molecule has 0 radical (unpaired) electrons. The van der Waals surface area contributed by atoms with E-state index in [0.29, 0.717) is 5.92 Å². The van der Waals surface area contributed by atoms with E-state index in [2.05, 4.69) is 231 Å². The summed E-state index contributed by atoms with van der Waals surface area (Å²) in [5.41, 5.74) is 19.3. The van der Waals surface area contributed by atoms with Gasteiger partial charge in [-0.25, -0.2) is 0 Å². The van der Waals surface area contributed by atoms with Gasteiger partial charge in [0.25, 0.3) is 0 Å². The summed E-state index contributed by atoms with van der Waals surface area (Å²) in [6.45, 7) is 4.45. The molecule has 0 heterocycles. The minimum Gasteiger partial charge on any atom is -0.334 e. The molecule has 0 saturated heterocycles. The fourth-order valence-corrected chi connectivity index (χ4v) is 10.4. The molecule has 292 valence electrons. The van der Waals surface area contributed by atoms with Gasteiger partial charge in [-0.05, 0) is 151 Å². The van der Waals surface area contributed by atoms with Crippen molar-refractivity contribution >= 4 is 45.1 Å². The van der Waals surface area contributed by atoms with Crippen LogP contribution in [0.4, 0.5) is 11.4 Å². The molecule has 0 N–H and O–H groups in total. The number of fused-ring (bicyclic) bond motifs is 7. The van der Waals surface area contributed by atoms with Gasteiger partial charge in [-0.3, -0.25) is 0 Å². The van der Waals surface area contributed by atoms with E-state index in [1.165, 1.54) is 105 Å². The molecule has 0 aliphatic heterocycles. The molecule has 11 rings (SSSR count). The van der Waals surface area contributed by atoms with Gasteiger partial charge in [-0.2, -0.15) is 0 Å². The highest BCUT2D eigenvalue weighted by Crippen LogP contribution is 2.50. The summed E-state index contributed by atoms with van der Waals surface area (Å²) in [6, 6.07) is 70.0. The molecule has 2 unspecified atom stereocenters. The maximum Gasteiger partial charge on any atom is 0.0566 e. The van der Waals surface area contributed by atoms with E-state index in [-0.39, 0.29) is 6.04 Å². The van der Waals surface area contributed by atoms with Crippen LogP contribution >= 0.6 is 0 Å². The van der Waals surface area contributed by atoms with Gasteiger partial charge < -0.3 is 4.90 Å². The SMILES string of the molecule is Cc1cc(C)cc(N(c2cccc(C3CC=Cc4ccccc43)c2)C2C=Cc3c(c4ccccc4c4c(-c5ccccc5)cc(-c5ccccc5)c(-c5ccccc5)c34)C2)c1. The Morgan fingerprint density at radius 1 is 0.492 bits per heavy atom. The number of aryl methyl sites for hydroxylation is 2. The molecular formula is C60H47N. The zero-order valence-electron chi connectivity index (χ0n) is 34.7. The van der Waals surface area contributed by atoms with Crippen molar-refractivity contribution in [2.75, 3.05) is 4.90 Å². The Labute approximate surface area is 359 Å². The Kier molecular flexibility index (Phi) is 9.31. The molecule has 2 aliphatic carbocycles. The number of hydrogen-bond acceptors (Lipinski definition) is 1. The summed E-state index contributed by atoms with van der Waals surface area (Å²) in [7, 11) is 0. The minimum absolute atomic E-state index is 0.0782. The van der Waals surface area contributed by atoms with Crippen LogP contribution in [0.2, 0.25) is 0 Å². The summed E-state index contributed by atoms with van der Waals surface area (Å²) >= 11 is 0. The van der Waals surface area contributed by atoms with Crippen LogP contribution in [0, 0.1) is 13.8 Å². The number of benzene rings is 9. The van der Waals surface area contributed by atoms with Gasteiger partial charge >= 0.3 is 0 Å². The van der Waals surface area contributed by atoms with Crippen molar-refractivity contribution in [3.8, 4) is 33.4 Å². The van der Waals surface area contributed by atoms with Crippen molar-refractivity contribution in [3.63, 3.8) is 0 Å². The van der Waals surface area contributed by atoms with Crippen molar-refractivity contribution in [2.45, 2.75) is 38.6 Å². The van der Waals surface area contributed by atoms with Crippen molar-refractivity contribution in [2.24, 2.45) is 0 Å². The smallest absolute Gasteiger partial charge is 0.0566 e. The van der Waals surface area contributed by atoms with E-state index >= 15 is 0 Å². The molecule has 2 atom stereocenters. The number of anilines is 2. The number of nitrogens with zero attached hydrogens (tertiary/aromatic N) is 1. The molecule has 0 amide bonds. The van der Waals surface area contributed by atoms with Crippen LogP contribution < -0.4 is 4.90 Å². The predicted molar refractivity (Wildman–Crippen MR) is 261 cm³/mol. The molecule has 0 spiro atoms. The van der Waals surface area contributed by atoms with E-state index in [9.17, 15) is 0 Å². The van der Waals surface area contributed by atoms with Gasteiger partial charge in [0.2, 0.25) is 0 Å². The first-order valence-electron chi connectivity index (χ1n) is 21.7. The zero-order valence-corrected chi connectivity index (χ0v) is 34.7. The van der Waals surface area contributed by atoms with Crippen LogP contribution in [0.15, 0.2) is 200 Å². The van der Waals surface area contributed by atoms with Crippen molar-refractivity contribution in [3.05, 3.63) is 239 Å². The molecule has 0 bridgehead atoms. The fourth-order valence-electron chi connectivity index (χ4n) is 10.4. The topological polar surface area (TPSA) is 3.24 Å². The molecule has 0 saturated carbocycles. The quantitative estimate of drug-likeness (QED) is 0.146. The normalized spacial score (nSPS) is 15.4. The van der Waals surface area contributed by atoms with Crippen molar-refractivity contribution in [1.82, 2.24) is 0 Å².